The van der Waals surface area contributed by atoms with E-state index in [2.05, 4.69) is 15.2 Å². The number of nitrogens with one attached hydrogen (secondary N) is 1. The third-order valence-electron chi connectivity index (χ3n) is 4.08. The number of amides is 1. The van der Waals surface area contributed by atoms with Crippen molar-refractivity contribution in [3.8, 4) is 5.75 Å². The smallest absolute Gasteiger partial charge is 0.233 e. The van der Waals surface area contributed by atoms with Crippen LogP contribution in [0.3, 0.4) is 0 Å². The summed E-state index contributed by atoms with van der Waals surface area (Å²) in [5.41, 5.74) is 0.711. The molecular weight excluding hydrogens is 411 g/mol. The van der Waals surface area contributed by atoms with Crippen LogP contribution in [0.4, 0.5) is 4.39 Å². The molecule has 0 spiro atoms. The molecule has 3 aromatic rings. The first kappa shape index (κ1) is 21.1. The Bertz CT molecular complexity index is 973. The SMILES string of the molecule is CCN(Cc1ccc(OC)c(F)c1)C(=O)CSc1n[nH]c(/C=C/c2cccs2)n1. The van der Waals surface area contributed by atoms with Gasteiger partial charge < -0.3 is 9.64 Å². The molecule has 0 aliphatic carbocycles. The molecule has 1 aromatic carbocycles. The summed E-state index contributed by atoms with van der Waals surface area (Å²) in [6, 6.07) is 8.71. The fraction of sp³-hybridized carbons (Fsp3) is 0.250. The quantitative estimate of drug-likeness (QED) is 0.510. The summed E-state index contributed by atoms with van der Waals surface area (Å²) >= 11 is 2.90. The van der Waals surface area contributed by atoms with E-state index in [0.717, 1.165) is 4.88 Å². The maximum Gasteiger partial charge on any atom is 0.233 e. The minimum absolute atomic E-state index is 0.0609. The van der Waals surface area contributed by atoms with Gasteiger partial charge in [0.05, 0.1) is 12.9 Å². The summed E-state index contributed by atoms with van der Waals surface area (Å²) in [6.45, 7) is 2.75. The average molecular weight is 433 g/mol. The van der Waals surface area contributed by atoms with Gasteiger partial charge in [0.2, 0.25) is 11.1 Å². The van der Waals surface area contributed by atoms with E-state index in [9.17, 15) is 9.18 Å². The lowest BCUT2D eigenvalue weighted by Gasteiger charge is -2.20. The summed E-state index contributed by atoms with van der Waals surface area (Å²) in [4.78, 5) is 19.7. The highest BCUT2D eigenvalue weighted by atomic mass is 32.2. The van der Waals surface area contributed by atoms with Crippen LogP contribution in [0.1, 0.15) is 23.2 Å². The summed E-state index contributed by atoms with van der Waals surface area (Å²) in [5.74, 6) is 0.529. The maximum absolute atomic E-state index is 13.9. The molecule has 0 saturated carbocycles. The molecule has 152 valence electrons. The van der Waals surface area contributed by atoms with Gasteiger partial charge in [0.15, 0.2) is 11.6 Å². The predicted octanol–water partition coefficient (Wildman–Crippen LogP) is 4.33. The fourth-order valence-electron chi connectivity index (χ4n) is 2.57. The van der Waals surface area contributed by atoms with Gasteiger partial charge in [0.25, 0.3) is 0 Å². The van der Waals surface area contributed by atoms with Gasteiger partial charge in [-0.15, -0.1) is 16.4 Å². The van der Waals surface area contributed by atoms with Gasteiger partial charge in [-0.2, -0.15) is 0 Å². The van der Waals surface area contributed by atoms with Crippen LogP contribution in [0.2, 0.25) is 0 Å². The summed E-state index contributed by atoms with van der Waals surface area (Å²) in [5, 5.41) is 9.50. The van der Waals surface area contributed by atoms with Crippen LogP contribution < -0.4 is 4.74 Å². The van der Waals surface area contributed by atoms with E-state index in [0.29, 0.717) is 29.6 Å². The lowest BCUT2D eigenvalue weighted by Crippen LogP contribution is -2.31. The molecule has 3 rings (SSSR count). The third-order valence-corrected chi connectivity index (χ3v) is 5.75. The van der Waals surface area contributed by atoms with E-state index < -0.39 is 5.82 Å². The van der Waals surface area contributed by atoms with Crippen molar-refractivity contribution in [1.82, 2.24) is 20.1 Å². The Balaban J connectivity index is 1.54. The second-order valence-electron chi connectivity index (χ2n) is 6.02. The standard InChI is InChI=1S/C20H21FN4O2S2/c1-3-25(12-14-6-8-17(27-2)16(21)11-14)19(26)13-29-20-22-18(23-24-20)9-7-15-5-4-10-28-15/h4-11H,3,12-13H2,1-2H3,(H,22,23,24)/b9-7+. The minimum Gasteiger partial charge on any atom is -0.494 e. The molecule has 0 radical (unpaired) electrons. The zero-order valence-corrected chi connectivity index (χ0v) is 17.7. The fourth-order valence-corrected chi connectivity index (χ4v) is 3.89. The Labute approximate surface area is 176 Å². The highest BCUT2D eigenvalue weighted by molar-refractivity contribution is 7.99. The number of thiophene rings is 1. The number of aromatic amines is 1. The van der Waals surface area contributed by atoms with Gasteiger partial charge >= 0.3 is 0 Å². The number of hydrogen-bond acceptors (Lipinski definition) is 6. The number of benzene rings is 1. The third kappa shape index (κ3) is 5.91. The number of ether oxygens (including phenoxy) is 1. The number of carbonyl (C=O) groups excluding carboxylic acids is 1. The largest absolute Gasteiger partial charge is 0.494 e. The molecular formula is C20H21FN4O2S2. The highest BCUT2D eigenvalue weighted by Crippen LogP contribution is 2.20. The van der Waals surface area contributed by atoms with Gasteiger partial charge in [0.1, 0.15) is 5.82 Å². The Kier molecular flexibility index (Phi) is 7.42. The number of carbonyl (C=O) groups is 1. The number of nitrogens with zero attached hydrogens (tertiary/aromatic N) is 3. The Hall–Kier alpha value is -2.65. The van der Waals surface area contributed by atoms with Crippen molar-refractivity contribution in [2.75, 3.05) is 19.4 Å². The number of rotatable bonds is 9. The molecule has 9 heteroatoms. The molecule has 0 saturated heterocycles. The number of H-pyrrole nitrogens is 1. The van der Waals surface area contributed by atoms with Gasteiger partial charge in [-0.3, -0.25) is 9.89 Å². The number of halogens is 1. The van der Waals surface area contributed by atoms with E-state index in [1.807, 2.05) is 36.6 Å². The van der Waals surface area contributed by atoms with Crippen LogP contribution in [0.25, 0.3) is 12.2 Å². The van der Waals surface area contributed by atoms with Crippen LogP contribution in [0.15, 0.2) is 40.9 Å². The first-order valence-electron chi connectivity index (χ1n) is 8.96. The normalized spacial score (nSPS) is 11.1. The first-order valence-corrected chi connectivity index (χ1v) is 10.8. The monoisotopic (exact) mass is 432 g/mol. The van der Waals surface area contributed by atoms with Gasteiger partial charge in [0, 0.05) is 18.0 Å². The number of aromatic nitrogens is 3. The zero-order chi connectivity index (χ0) is 20.6. The van der Waals surface area contributed by atoms with Gasteiger partial charge in [-0.1, -0.05) is 23.9 Å². The molecule has 2 aromatic heterocycles. The summed E-state index contributed by atoms with van der Waals surface area (Å²) < 4.78 is 18.8. The number of methoxy groups -OCH3 is 1. The summed E-state index contributed by atoms with van der Waals surface area (Å²) in [6.07, 6.45) is 3.80. The van der Waals surface area contributed by atoms with E-state index >= 15 is 0 Å². The molecule has 0 bridgehead atoms. The predicted molar refractivity (Wildman–Crippen MR) is 114 cm³/mol. The van der Waals surface area contributed by atoms with Crippen LogP contribution in [0, 0.1) is 5.82 Å². The molecule has 0 unspecified atom stereocenters. The van der Waals surface area contributed by atoms with Crippen LogP contribution in [-0.2, 0) is 11.3 Å². The molecule has 2 heterocycles. The van der Waals surface area contributed by atoms with Crippen LogP contribution in [0.5, 0.6) is 5.75 Å². The van der Waals surface area contributed by atoms with Crippen molar-refractivity contribution >= 4 is 41.2 Å². The van der Waals surface area contributed by atoms with Crippen molar-refractivity contribution < 1.29 is 13.9 Å². The molecule has 0 aliphatic heterocycles. The van der Waals surface area contributed by atoms with Gasteiger partial charge in [-0.25, -0.2) is 9.37 Å². The van der Waals surface area contributed by atoms with Crippen LogP contribution >= 0.6 is 23.1 Å². The molecule has 29 heavy (non-hydrogen) atoms. The molecule has 1 amide bonds. The van der Waals surface area contributed by atoms with Crippen molar-refractivity contribution in [1.29, 1.82) is 0 Å². The molecule has 1 N–H and O–H groups in total. The second-order valence-corrected chi connectivity index (χ2v) is 7.94. The Morgan fingerprint density at radius 2 is 2.24 bits per heavy atom. The lowest BCUT2D eigenvalue weighted by molar-refractivity contribution is -0.128. The molecule has 6 nitrogen and oxygen atoms in total. The second kappa shape index (κ2) is 10.2. The van der Waals surface area contributed by atoms with E-state index in [1.54, 1.807) is 28.4 Å². The average Bonchev–Trinajstić information content (AvgIpc) is 3.40. The lowest BCUT2D eigenvalue weighted by atomic mass is 10.2. The molecule has 0 fully saturated rings. The topological polar surface area (TPSA) is 71.1 Å². The first-order chi connectivity index (χ1) is 14.1. The molecule has 0 atom stereocenters. The minimum atomic E-state index is -0.438. The Morgan fingerprint density at radius 1 is 1.38 bits per heavy atom. The van der Waals surface area contributed by atoms with Crippen molar-refractivity contribution in [2.45, 2.75) is 18.6 Å². The van der Waals surface area contributed by atoms with Gasteiger partial charge in [-0.05, 0) is 48.2 Å². The number of hydrogen-bond donors (Lipinski definition) is 1. The zero-order valence-electron chi connectivity index (χ0n) is 16.1. The van der Waals surface area contributed by atoms with Crippen LogP contribution in [-0.4, -0.2) is 45.4 Å². The maximum atomic E-state index is 13.9. The van der Waals surface area contributed by atoms with E-state index in [1.165, 1.54) is 24.9 Å². The highest BCUT2D eigenvalue weighted by Gasteiger charge is 2.15. The summed E-state index contributed by atoms with van der Waals surface area (Å²) in [7, 11) is 1.42. The van der Waals surface area contributed by atoms with E-state index in [-0.39, 0.29) is 17.4 Å². The Morgan fingerprint density at radius 3 is 2.93 bits per heavy atom. The molecule has 0 aliphatic rings. The van der Waals surface area contributed by atoms with Crippen molar-refractivity contribution in [3.63, 3.8) is 0 Å². The van der Waals surface area contributed by atoms with E-state index in [4.69, 9.17) is 4.74 Å². The number of thioether (sulfide) groups is 1. The van der Waals surface area contributed by atoms with Crippen molar-refractivity contribution in [2.24, 2.45) is 0 Å². The van der Waals surface area contributed by atoms with Crippen molar-refractivity contribution in [3.05, 3.63) is 57.8 Å².